The smallest absolute Gasteiger partial charge is 0.228 e. The summed E-state index contributed by atoms with van der Waals surface area (Å²) in [6, 6.07) is 3.63. The quantitative estimate of drug-likeness (QED) is 0.803. The van der Waals surface area contributed by atoms with E-state index in [-0.39, 0.29) is 24.2 Å². The van der Waals surface area contributed by atoms with Gasteiger partial charge in [0.05, 0.1) is 25.3 Å². The number of likely N-dealkylation sites (tertiary alicyclic amines) is 1. The maximum atomic E-state index is 12.7. The van der Waals surface area contributed by atoms with Crippen molar-refractivity contribution < 1.29 is 14.0 Å². The average Bonchev–Trinajstić information content (AvgIpc) is 3.35. The Kier molecular flexibility index (Phi) is 4.03. The topological polar surface area (TPSA) is 84.5 Å². The summed E-state index contributed by atoms with van der Waals surface area (Å²) in [4.78, 5) is 28.3. The summed E-state index contributed by atoms with van der Waals surface area (Å²) >= 11 is 0. The highest BCUT2D eigenvalue weighted by molar-refractivity contribution is 5.89. The first-order valence-electron chi connectivity index (χ1n) is 8.58. The lowest BCUT2D eigenvalue weighted by Gasteiger charge is -2.21. The molecule has 8 nitrogen and oxygen atoms in total. The third-order valence-corrected chi connectivity index (χ3v) is 4.93. The van der Waals surface area contributed by atoms with Crippen molar-refractivity contribution in [3.05, 3.63) is 35.8 Å². The third-order valence-electron chi connectivity index (χ3n) is 4.93. The van der Waals surface area contributed by atoms with Gasteiger partial charge in [-0.1, -0.05) is 0 Å². The van der Waals surface area contributed by atoms with E-state index in [1.165, 1.54) is 0 Å². The standard InChI is InChI=1S/C17H21N5O3/c1-20(11-15-19-18-14-5-2-6-22(14)15)17(24)12-8-16(23)21(9-12)10-13-4-3-7-25-13/h3-4,7,12H,2,5-6,8-11H2,1H3/t12-/m1/s1. The van der Waals surface area contributed by atoms with Gasteiger partial charge in [0.15, 0.2) is 5.82 Å². The third kappa shape index (κ3) is 3.04. The van der Waals surface area contributed by atoms with Gasteiger partial charge in [-0.15, -0.1) is 10.2 Å². The zero-order chi connectivity index (χ0) is 17.4. The molecule has 1 atom stereocenters. The van der Waals surface area contributed by atoms with Gasteiger partial charge in [0.2, 0.25) is 11.8 Å². The van der Waals surface area contributed by atoms with Gasteiger partial charge in [-0.05, 0) is 18.6 Å². The fourth-order valence-corrected chi connectivity index (χ4v) is 3.61. The number of nitrogens with zero attached hydrogens (tertiary/aromatic N) is 5. The molecule has 2 aromatic rings. The molecule has 8 heteroatoms. The molecule has 1 saturated heterocycles. The number of hydrogen-bond donors (Lipinski definition) is 0. The Morgan fingerprint density at radius 1 is 1.44 bits per heavy atom. The lowest BCUT2D eigenvalue weighted by molar-refractivity contribution is -0.135. The van der Waals surface area contributed by atoms with Crippen LogP contribution in [0.1, 0.15) is 30.3 Å². The van der Waals surface area contributed by atoms with Crippen molar-refractivity contribution in [3.8, 4) is 0 Å². The zero-order valence-electron chi connectivity index (χ0n) is 14.2. The molecule has 132 valence electrons. The minimum atomic E-state index is -0.312. The van der Waals surface area contributed by atoms with Gasteiger partial charge in [-0.3, -0.25) is 9.59 Å². The van der Waals surface area contributed by atoms with Gasteiger partial charge in [0, 0.05) is 33.0 Å². The van der Waals surface area contributed by atoms with E-state index in [1.54, 1.807) is 29.2 Å². The fourth-order valence-electron chi connectivity index (χ4n) is 3.61. The maximum absolute atomic E-state index is 12.7. The van der Waals surface area contributed by atoms with Gasteiger partial charge in [0.25, 0.3) is 0 Å². The molecule has 0 aliphatic carbocycles. The lowest BCUT2D eigenvalue weighted by atomic mass is 10.1. The molecule has 0 spiro atoms. The van der Waals surface area contributed by atoms with Crippen LogP contribution in [0, 0.1) is 5.92 Å². The molecule has 4 heterocycles. The van der Waals surface area contributed by atoms with Crippen molar-refractivity contribution in [1.82, 2.24) is 24.6 Å². The predicted molar refractivity (Wildman–Crippen MR) is 87.0 cm³/mol. The number of amides is 2. The normalized spacial score (nSPS) is 19.5. The van der Waals surface area contributed by atoms with E-state index in [0.29, 0.717) is 19.6 Å². The van der Waals surface area contributed by atoms with E-state index in [2.05, 4.69) is 14.8 Å². The highest BCUT2D eigenvalue weighted by Gasteiger charge is 2.36. The van der Waals surface area contributed by atoms with Crippen LogP contribution in [-0.2, 0) is 35.6 Å². The first-order chi connectivity index (χ1) is 12.1. The van der Waals surface area contributed by atoms with Crippen molar-refractivity contribution in [2.24, 2.45) is 5.92 Å². The number of aryl methyl sites for hydroxylation is 1. The highest BCUT2D eigenvalue weighted by Crippen LogP contribution is 2.23. The summed E-state index contributed by atoms with van der Waals surface area (Å²) in [6.45, 7) is 2.19. The molecular weight excluding hydrogens is 322 g/mol. The van der Waals surface area contributed by atoms with Gasteiger partial charge in [-0.25, -0.2) is 0 Å². The summed E-state index contributed by atoms with van der Waals surface area (Å²) in [6.07, 6.45) is 3.86. The molecule has 0 N–H and O–H groups in total. The average molecular weight is 343 g/mol. The number of aromatic nitrogens is 3. The molecule has 0 unspecified atom stereocenters. The van der Waals surface area contributed by atoms with E-state index < -0.39 is 0 Å². The van der Waals surface area contributed by atoms with Crippen LogP contribution in [0.3, 0.4) is 0 Å². The Morgan fingerprint density at radius 2 is 2.32 bits per heavy atom. The molecule has 2 aromatic heterocycles. The summed E-state index contributed by atoms with van der Waals surface area (Å²) in [5.74, 6) is 2.20. The number of hydrogen-bond acceptors (Lipinski definition) is 5. The number of carbonyl (C=O) groups is 2. The number of furan rings is 1. The Hall–Kier alpha value is -2.64. The minimum Gasteiger partial charge on any atom is -0.467 e. The summed E-state index contributed by atoms with van der Waals surface area (Å²) in [7, 11) is 1.76. The van der Waals surface area contributed by atoms with Crippen LogP contribution < -0.4 is 0 Å². The first-order valence-corrected chi connectivity index (χ1v) is 8.58. The van der Waals surface area contributed by atoms with Crippen LogP contribution in [0.5, 0.6) is 0 Å². The van der Waals surface area contributed by atoms with Crippen LogP contribution in [0.2, 0.25) is 0 Å². The largest absolute Gasteiger partial charge is 0.467 e. The molecule has 1 fully saturated rings. The van der Waals surface area contributed by atoms with Crippen LogP contribution in [0.4, 0.5) is 0 Å². The lowest BCUT2D eigenvalue weighted by Crippen LogP contribution is -2.35. The molecule has 2 aliphatic heterocycles. The Bertz CT molecular complexity index is 782. The predicted octanol–water partition coefficient (Wildman–Crippen LogP) is 0.824. The zero-order valence-corrected chi connectivity index (χ0v) is 14.2. The number of rotatable bonds is 5. The monoisotopic (exact) mass is 343 g/mol. The molecule has 0 bridgehead atoms. The second-order valence-corrected chi connectivity index (χ2v) is 6.74. The second kappa shape index (κ2) is 6.34. The number of carbonyl (C=O) groups excluding carboxylic acids is 2. The first kappa shape index (κ1) is 15.9. The molecule has 0 radical (unpaired) electrons. The van der Waals surface area contributed by atoms with E-state index in [0.717, 1.165) is 36.8 Å². The van der Waals surface area contributed by atoms with E-state index in [1.807, 2.05) is 6.07 Å². The molecule has 2 aliphatic rings. The second-order valence-electron chi connectivity index (χ2n) is 6.74. The van der Waals surface area contributed by atoms with Crippen LogP contribution >= 0.6 is 0 Å². The SMILES string of the molecule is CN(Cc1nnc2n1CCC2)C(=O)[C@@H]1CC(=O)N(Cc2ccco2)C1. The van der Waals surface area contributed by atoms with Crippen molar-refractivity contribution in [2.75, 3.05) is 13.6 Å². The minimum absolute atomic E-state index is 0.00785. The van der Waals surface area contributed by atoms with Crippen molar-refractivity contribution in [1.29, 1.82) is 0 Å². The number of fused-ring (bicyclic) bond motifs is 1. The van der Waals surface area contributed by atoms with Gasteiger partial charge >= 0.3 is 0 Å². The van der Waals surface area contributed by atoms with Gasteiger partial charge in [0.1, 0.15) is 11.6 Å². The maximum Gasteiger partial charge on any atom is 0.228 e. The van der Waals surface area contributed by atoms with Crippen LogP contribution in [-0.4, -0.2) is 50.0 Å². The van der Waals surface area contributed by atoms with Crippen molar-refractivity contribution >= 4 is 11.8 Å². The van der Waals surface area contributed by atoms with E-state index in [9.17, 15) is 9.59 Å². The molecule has 0 aromatic carbocycles. The molecule has 2 amide bonds. The van der Waals surface area contributed by atoms with Gasteiger partial charge in [-0.2, -0.15) is 0 Å². The van der Waals surface area contributed by atoms with Gasteiger partial charge < -0.3 is 18.8 Å². The summed E-state index contributed by atoms with van der Waals surface area (Å²) in [5, 5.41) is 8.37. The van der Waals surface area contributed by atoms with E-state index >= 15 is 0 Å². The Labute approximate surface area is 145 Å². The van der Waals surface area contributed by atoms with Crippen LogP contribution in [0.15, 0.2) is 22.8 Å². The molecule has 0 saturated carbocycles. The van der Waals surface area contributed by atoms with Crippen molar-refractivity contribution in [2.45, 2.75) is 38.9 Å². The molecule has 25 heavy (non-hydrogen) atoms. The Balaban J connectivity index is 1.38. The van der Waals surface area contributed by atoms with E-state index in [4.69, 9.17) is 4.42 Å². The fraction of sp³-hybridized carbons (Fsp3) is 0.529. The molecule has 4 rings (SSSR count). The van der Waals surface area contributed by atoms with Crippen molar-refractivity contribution in [3.63, 3.8) is 0 Å². The summed E-state index contributed by atoms with van der Waals surface area (Å²) in [5.41, 5.74) is 0. The highest BCUT2D eigenvalue weighted by atomic mass is 16.3. The van der Waals surface area contributed by atoms with Crippen LogP contribution in [0.25, 0.3) is 0 Å². The molecular formula is C17H21N5O3. The Morgan fingerprint density at radius 3 is 3.12 bits per heavy atom. The summed E-state index contributed by atoms with van der Waals surface area (Å²) < 4.78 is 7.38.